The Hall–Kier alpha value is -3.07. The van der Waals surface area contributed by atoms with E-state index < -0.39 is 17.2 Å². The number of carboxylic acids is 1. The molecule has 0 atom stereocenters. The summed E-state index contributed by atoms with van der Waals surface area (Å²) < 4.78 is 7.25. The Morgan fingerprint density at radius 1 is 1.19 bits per heavy atom. The Bertz CT molecular complexity index is 1090. The van der Waals surface area contributed by atoms with Crippen molar-refractivity contribution in [1.82, 2.24) is 19.5 Å². The molecule has 2 aliphatic rings. The fraction of sp³-hybridized carbons (Fsp3) is 0.389. The number of aromatic amines is 1. The number of fused-ring (bicyclic) bond motifs is 2. The van der Waals surface area contributed by atoms with E-state index in [-0.39, 0.29) is 24.5 Å². The first-order chi connectivity index (χ1) is 12.9. The van der Waals surface area contributed by atoms with Crippen molar-refractivity contribution in [1.29, 1.82) is 0 Å². The first-order valence-corrected chi connectivity index (χ1v) is 8.58. The van der Waals surface area contributed by atoms with Crippen LogP contribution in [0.4, 0.5) is 0 Å². The Kier molecular flexibility index (Phi) is 5.31. The highest BCUT2D eigenvalue weighted by molar-refractivity contribution is 5.81. The SMILES string of the molecule is Cc1cc2nc3c(=O)[nH]c(=O)nc-3n(CCOCCCC(=O)O)c2cc1C. The maximum absolute atomic E-state index is 12.2. The topological polar surface area (TPSA) is 127 Å². The predicted octanol–water partition coefficient (Wildman–Crippen LogP) is 1.08. The molecule has 0 aromatic heterocycles. The number of benzene rings is 1. The van der Waals surface area contributed by atoms with Crippen molar-refractivity contribution in [2.75, 3.05) is 13.2 Å². The third-order valence-electron chi connectivity index (χ3n) is 4.36. The average Bonchev–Trinajstić information content (AvgIpc) is 2.59. The Labute approximate surface area is 154 Å². The number of carboxylic acid groups (broad SMARTS) is 1. The normalized spacial score (nSPS) is 11.3. The lowest BCUT2D eigenvalue weighted by Gasteiger charge is -2.17. The van der Waals surface area contributed by atoms with Gasteiger partial charge in [-0.2, -0.15) is 4.98 Å². The summed E-state index contributed by atoms with van der Waals surface area (Å²) in [4.78, 5) is 44.9. The van der Waals surface area contributed by atoms with Gasteiger partial charge >= 0.3 is 11.7 Å². The molecule has 142 valence electrons. The minimum Gasteiger partial charge on any atom is -0.481 e. The van der Waals surface area contributed by atoms with Crippen molar-refractivity contribution in [3.63, 3.8) is 0 Å². The van der Waals surface area contributed by atoms with Crippen LogP contribution in [0.15, 0.2) is 21.7 Å². The molecule has 2 heterocycles. The van der Waals surface area contributed by atoms with Gasteiger partial charge in [0.05, 0.1) is 17.6 Å². The number of aryl methyl sites for hydroxylation is 2. The Morgan fingerprint density at radius 3 is 2.67 bits per heavy atom. The molecular formula is C18H20N4O5. The van der Waals surface area contributed by atoms with Crippen LogP contribution in [0.2, 0.25) is 0 Å². The van der Waals surface area contributed by atoms with Crippen LogP contribution in [-0.2, 0) is 16.1 Å². The average molecular weight is 372 g/mol. The van der Waals surface area contributed by atoms with E-state index in [1.165, 1.54) is 0 Å². The fourth-order valence-corrected chi connectivity index (χ4v) is 2.86. The van der Waals surface area contributed by atoms with Crippen LogP contribution in [-0.4, -0.2) is 43.8 Å². The van der Waals surface area contributed by atoms with E-state index in [2.05, 4.69) is 15.0 Å². The van der Waals surface area contributed by atoms with Crippen LogP contribution >= 0.6 is 0 Å². The van der Waals surface area contributed by atoms with Crippen LogP contribution in [0.5, 0.6) is 0 Å². The maximum Gasteiger partial charge on any atom is 0.349 e. The van der Waals surface area contributed by atoms with Gasteiger partial charge in [0.2, 0.25) is 0 Å². The molecule has 0 aliphatic carbocycles. The molecule has 0 fully saturated rings. The molecule has 0 bridgehead atoms. The number of hydrogen-bond acceptors (Lipinski definition) is 6. The number of aliphatic carboxylic acids is 1. The summed E-state index contributed by atoms with van der Waals surface area (Å²) in [6.07, 6.45) is 0.460. The highest BCUT2D eigenvalue weighted by Gasteiger charge is 2.19. The summed E-state index contributed by atoms with van der Waals surface area (Å²) in [6, 6.07) is 3.83. The van der Waals surface area contributed by atoms with Crippen molar-refractivity contribution < 1.29 is 14.6 Å². The predicted molar refractivity (Wildman–Crippen MR) is 98.2 cm³/mol. The molecule has 0 saturated heterocycles. The van der Waals surface area contributed by atoms with E-state index in [4.69, 9.17) is 9.84 Å². The summed E-state index contributed by atoms with van der Waals surface area (Å²) in [5.74, 6) is -0.662. The highest BCUT2D eigenvalue weighted by Crippen LogP contribution is 2.23. The largest absolute Gasteiger partial charge is 0.481 e. The van der Waals surface area contributed by atoms with Crippen LogP contribution in [0.3, 0.4) is 0 Å². The second-order valence-electron chi connectivity index (χ2n) is 6.34. The minimum absolute atomic E-state index is 0.0448. The van der Waals surface area contributed by atoms with Gasteiger partial charge < -0.3 is 14.4 Å². The van der Waals surface area contributed by atoms with Crippen molar-refractivity contribution in [2.45, 2.75) is 33.2 Å². The molecular weight excluding hydrogens is 352 g/mol. The van der Waals surface area contributed by atoms with Crippen LogP contribution in [0.25, 0.3) is 22.6 Å². The number of aromatic nitrogens is 4. The van der Waals surface area contributed by atoms with Gasteiger partial charge in [-0.3, -0.25) is 14.6 Å². The van der Waals surface area contributed by atoms with E-state index in [0.29, 0.717) is 25.1 Å². The number of rotatable bonds is 7. The van der Waals surface area contributed by atoms with E-state index in [1.807, 2.05) is 26.0 Å². The van der Waals surface area contributed by atoms with Gasteiger partial charge in [-0.1, -0.05) is 0 Å². The van der Waals surface area contributed by atoms with Crippen molar-refractivity contribution in [3.8, 4) is 11.5 Å². The number of carbonyl (C=O) groups is 1. The van der Waals surface area contributed by atoms with Gasteiger partial charge in [0.1, 0.15) is 0 Å². The number of hydrogen-bond donors (Lipinski definition) is 2. The molecule has 9 heteroatoms. The van der Waals surface area contributed by atoms with Crippen molar-refractivity contribution in [3.05, 3.63) is 44.1 Å². The summed E-state index contributed by atoms with van der Waals surface area (Å²) in [7, 11) is 0. The lowest BCUT2D eigenvalue weighted by atomic mass is 10.1. The molecule has 0 radical (unpaired) electrons. The Balaban J connectivity index is 1.99. The van der Waals surface area contributed by atoms with Gasteiger partial charge in [-0.15, -0.1) is 0 Å². The van der Waals surface area contributed by atoms with Gasteiger partial charge in [0.25, 0.3) is 5.56 Å². The highest BCUT2D eigenvalue weighted by atomic mass is 16.5. The zero-order valence-corrected chi connectivity index (χ0v) is 15.1. The molecule has 3 rings (SSSR count). The first kappa shape index (κ1) is 18.7. The minimum atomic E-state index is -0.864. The van der Waals surface area contributed by atoms with E-state index in [9.17, 15) is 14.4 Å². The van der Waals surface area contributed by atoms with E-state index >= 15 is 0 Å². The quantitative estimate of drug-likeness (QED) is 0.469. The number of nitrogens with one attached hydrogen (secondary N) is 1. The summed E-state index contributed by atoms with van der Waals surface area (Å²) in [5, 5.41) is 8.65. The maximum atomic E-state index is 12.2. The lowest BCUT2D eigenvalue weighted by molar-refractivity contribution is -0.137. The van der Waals surface area contributed by atoms with Crippen molar-refractivity contribution >= 4 is 17.0 Å². The molecule has 0 unspecified atom stereocenters. The van der Waals surface area contributed by atoms with Gasteiger partial charge in [-0.25, -0.2) is 9.78 Å². The van der Waals surface area contributed by atoms with E-state index in [1.54, 1.807) is 4.57 Å². The number of ether oxygens (including phenoxy) is 1. The summed E-state index contributed by atoms with van der Waals surface area (Å²) >= 11 is 0. The monoisotopic (exact) mass is 372 g/mol. The third-order valence-corrected chi connectivity index (χ3v) is 4.36. The van der Waals surface area contributed by atoms with Crippen LogP contribution < -0.4 is 11.2 Å². The summed E-state index contributed by atoms with van der Waals surface area (Å²) in [5.41, 5.74) is 2.24. The van der Waals surface area contributed by atoms with Gasteiger partial charge in [-0.05, 0) is 43.5 Å². The molecule has 0 amide bonds. The van der Waals surface area contributed by atoms with E-state index in [0.717, 1.165) is 16.6 Å². The van der Waals surface area contributed by atoms with Crippen LogP contribution in [0, 0.1) is 13.8 Å². The van der Waals surface area contributed by atoms with Crippen molar-refractivity contribution in [2.24, 2.45) is 0 Å². The molecule has 27 heavy (non-hydrogen) atoms. The zero-order valence-electron chi connectivity index (χ0n) is 15.1. The third kappa shape index (κ3) is 4.03. The molecule has 1 aromatic carbocycles. The zero-order chi connectivity index (χ0) is 19.6. The smallest absolute Gasteiger partial charge is 0.349 e. The molecule has 0 spiro atoms. The summed E-state index contributed by atoms with van der Waals surface area (Å²) in [6.45, 7) is 4.87. The molecule has 1 aromatic rings. The molecule has 2 aliphatic heterocycles. The molecule has 2 N–H and O–H groups in total. The lowest BCUT2D eigenvalue weighted by Crippen LogP contribution is -2.29. The number of H-pyrrole nitrogens is 1. The van der Waals surface area contributed by atoms with Gasteiger partial charge in [0, 0.05) is 19.6 Å². The first-order valence-electron chi connectivity index (χ1n) is 8.58. The van der Waals surface area contributed by atoms with Crippen LogP contribution in [0.1, 0.15) is 24.0 Å². The van der Waals surface area contributed by atoms with Gasteiger partial charge in [0.15, 0.2) is 11.5 Å². The second-order valence-corrected chi connectivity index (χ2v) is 6.34. The second kappa shape index (κ2) is 7.67. The standard InChI is InChI=1S/C18H20N4O5/c1-10-8-12-13(9-11(10)2)22(5-7-27-6-3-4-14(23)24)16-15(19-12)17(25)21-18(26)20-16/h8-9H,3-7H2,1-2H3,(H,23,24)(H,21,25,26). The number of nitrogens with zero attached hydrogens (tertiary/aromatic N) is 3. The molecule has 0 saturated carbocycles. The Morgan fingerprint density at radius 2 is 1.93 bits per heavy atom. The fourth-order valence-electron chi connectivity index (χ4n) is 2.86. The molecule has 9 nitrogen and oxygen atoms in total.